The molecule has 0 bridgehead atoms. The van der Waals surface area contributed by atoms with Crippen molar-refractivity contribution < 1.29 is 0 Å². The first-order valence-corrected chi connectivity index (χ1v) is 6.05. The van der Waals surface area contributed by atoms with E-state index >= 15 is 0 Å². The van der Waals surface area contributed by atoms with Gasteiger partial charge in [-0.25, -0.2) is 9.67 Å². The van der Waals surface area contributed by atoms with Gasteiger partial charge in [0.05, 0.1) is 16.7 Å². The molecule has 2 aromatic heterocycles. The molecule has 0 unspecified atom stereocenters. The number of rotatable bonds is 1. The average Bonchev–Trinajstić information content (AvgIpc) is 2.94. The van der Waals surface area contributed by atoms with Crippen molar-refractivity contribution in [1.29, 1.82) is 0 Å². The molecule has 0 fully saturated rings. The third-order valence-corrected chi connectivity index (χ3v) is 2.95. The molecule has 0 saturated heterocycles. The first kappa shape index (κ1) is 11.0. The summed E-state index contributed by atoms with van der Waals surface area (Å²) >= 11 is 0. The summed E-state index contributed by atoms with van der Waals surface area (Å²) in [6, 6.07) is 10.0. The van der Waals surface area contributed by atoms with Gasteiger partial charge in [0.1, 0.15) is 0 Å². The summed E-state index contributed by atoms with van der Waals surface area (Å²) in [4.78, 5) is 7.79. The van der Waals surface area contributed by atoms with Crippen LogP contribution in [0.2, 0.25) is 0 Å². The second-order valence-electron chi connectivity index (χ2n) is 5.47. The lowest BCUT2D eigenvalue weighted by molar-refractivity contribution is 0.559. The van der Waals surface area contributed by atoms with Gasteiger partial charge in [0, 0.05) is 11.6 Å². The maximum absolute atomic E-state index is 4.57. The van der Waals surface area contributed by atoms with E-state index in [4.69, 9.17) is 0 Å². The van der Waals surface area contributed by atoms with Crippen molar-refractivity contribution in [2.75, 3.05) is 0 Å². The fourth-order valence-corrected chi connectivity index (χ4v) is 1.89. The molecule has 0 aliphatic rings. The number of nitrogens with zero attached hydrogens (tertiary/aromatic N) is 3. The third-order valence-electron chi connectivity index (χ3n) is 2.95. The number of hydrogen-bond donors (Lipinski definition) is 1. The Morgan fingerprint density at radius 1 is 1.11 bits per heavy atom. The Morgan fingerprint density at radius 2 is 1.89 bits per heavy atom. The zero-order valence-corrected chi connectivity index (χ0v) is 10.8. The van der Waals surface area contributed by atoms with Crippen molar-refractivity contribution in [3.63, 3.8) is 0 Å². The van der Waals surface area contributed by atoms with E-state index < -0.39 is 0 Å². The molecule has 18 heavy (non-hydrogen) atoms. The van der Waals surface area contributed by atoms with Crippen molar-refractivity contribution in [2.45, 2.75) is 26.2 Å². The van der Waals surface area contributed by atoms with Crippen LogP contribution in [0.5, 0.6) is 0 Å². The van der Waals surface area contributed by atoms with E-state index in [-0.39, 0.29) is 5.41 Å². The number of H-pyrrole nitrogens is 1. The van der Waals surface area contributed by atoms with E-state index in [1.807, 2.05) is 36.5 Å². The monoisotopic (exact) mass is 240 g/mol. The van der Waals surface area contributed by atoms with E-state index in [1.165, 1.54) is 0 Å². The summed E-state index contributed by atoms with van der Waals surface area (Å²) in [7, 11) is 0. The molecule has 0 atom stereocenters. The highest BCUT2D eigenvalue weighted by atomic mass is 15.3. The molecular weight excluding hydrogens is 224 g/mol. The van der Waals surface area contributed by atoms with Crippen molar-refractivity contribution in [2.24, 2.45) is 0 Å². The molecule has 0 radical (unpaired) electrons. The summed E-state index contributed by atoms with van der Waals surface area (Å²) < 4.78 is 1.79. The number of imidazole rings is 1. The van der Waals surface area contributed by atoms with Crippen LogP contribution in [0, 0.1) is 0 Å². The summed E-state index contributed by atoms with van der Waals surface area (Å²) in [5.41, 5.74) is 3.10. The van der Waals surface area contributed by atoms with E-state index in [1.54, 1.807) is 4.68 Å². The van der Waals surface area contributed by atoms with Gasteiger partial charge >= 0.3 is 0 Å². The topological polar surface area (TPSA) is 46.5 Å². The Kier molecular flexibility index (Phi) is 2.26. The van der Waals surface area contributed by atoms with E-state index in [2.05, 4.69) is 35.8 Å². The lowest BCUT2D eigenvalue weighted by atomic mass is 9.93. The van der Waals surface area contributed by atoms with Crippen LogP contribution in [0.25, 0.3) is 17.0 Å². The van der Waals surface area contributed by atoms with Gasteiger partial charge in [-0.1, -0.05) is 32.9 Å². The zero-order chi connectivity index (χ0) is 12.8. The molecule has 3 rings (SSSR count). The van der Waals surface area contributed by atoms with Gasteiger partial charge in [-0.05, 0) is 18.2 Å². The van der Waals surface area contributed by atoms with Crippen LogP contribution < -0.4 is 0 Å². The van der Waals surface area contributed by atoms with Gasteiger partial charge in [0.25, 0.3) is 0 Å². The van der Waals surface area contributed by atoms with E-state index in [0.29, 0.717) is 0 Å². The number of para-hydroxylation sites is 2. The molecule has 3 aromatic rings. The van der Waals surface area contributed by atoms with Crippen LogP contribution in [-0.4, -0.2) is 19.7 Å². The number of benzene rings is 1. The minimum Gasteiger partial charge on any atom is -0.322 e. The Bertz CT molecular complexity index is 652. The molecule has 1 aromatic carbocycles. The van der Waals surface area contributed by atoms with Gasteiger partial charge in [-0.3, -0.25) is 0 Å². The Balaban J connectivity index is 2.06. The first-order valence-electron chi connectivity index (χ1n) is 6.05. The Morgan fingerprint density at radius 3 is 2.56 bits per heavy atom. The van der Waals surface area contributed by atoms with Crippen molar-refractivity contribution in [3.8, 4) is 5.95 Å². The number of nitrogens with one attached hydrogen (secondary N) is 1. The van der Waals surface area contributed by atoms with Crippen molar-refractivity contribution in [3.05, 3.63) is 42.2 Å². The fraction of sp³-hybridized carbons (Fsp3) is 0.286. The lowest BCUT2D eigenvalue weighted by Crippen LogP contribution is -2.12. The van der Waals surface area contributed by atoms with E-state index in [0.717, 1.165) is 22.7 Å². The van der Waals surface area contributed by atoms with Gasteiger partial charge < -0.3 is 4.98 Å². The molecule has 0 aliphatic heterocycles. The van der Waals surface area contributed by atoms with Crippen molar-refractivity contribution in [1.82, 2.24) is 19.7 Å². The predicted octanol–water partition coefficient (Wildman–Crippen LogP) is 3.05. The predicted molar refractivity (Wildman–Crippen MR) is 71.9 cm³/mol. The molecule has 1 N–H and O–H groups in total. The highest BCUT2D eigenvalue weighted by Gasteiger charge is 2.17. The number of aromatic amines is 1. The second kappa shape index (κ2) is 3.70. The quantitative estimate of drug-likeness (QED) is 0.710. The molecule has 0 spiro atoms. The first-order chi connectivity index (χ1) is 8.54. The molecule has 4 heteroatoms. The SMILES string of the molecule is CC(C)(C)c1ccn(-c2nc3ccccc3[nH]2)n1. The average molecular weight is 240 g/mol. The van der Waals surface area contributed by atoms with Crippen LogP contribution in [0.4, 0.5) is 0 Å². The fourth-order valence-electron chi connectivity index (χ4n) is 1.89. The molecule has 2 heterocycles. The maximum Gasteiger partial charge on any atom is 0.229 e. The van der Waals surface area contributed by atoms with Crippen molar-refractivity contribution >= 4 is 11.0 Å². The van der Waals surface area contributed by atoms with E-state index in [9.17, 15) is 0 Å². The highest BCUT2D eigenvalue weighted by molar-refractivity contribution is 5.75. The Labute approximate surface area is 106 Å². The van der Waals surface area contributed by atoms with Crippen LogP contribution in [-0.2, 0) is 5.41 Å². The Hall–Kier alpha value is -2.10. The lowest BCUT2D eigenvalue weighted by Gasteiger charge is -2.13. The maximum atomic E-state index is 4.57. The molecule has 0 saturated carbocycles. The van der Waals surface area contributed by atoms with Crippen LogP contribution in [0.1, 0.15) is 26.5 Å². The summed E-state index contributed by atoms with van der Waals surface area (Å²) in [5.74, 6) is 0.756. The van der Waals surface area contributed by atoms with Crippen LogP contribution in [0.3, 0.4) is 0 Å². The van der Waals surface area contributed by atoms with Gasteiger partial charge in [-0.15, -0.1) is 0 Å². The summed E-state index contributed by atoms with van der Waals surface area (Å²) in [5, 5.41) is 4.57. The van der Waals surface area contributed by atoms with Gasteiger partial charge in [-0.2, -0.15) is 5.10 Å². The number of hydrogen-bond acceptors (Lipinski definition) is 2. The van der Waals surface area contributed by atoms with Gasteiger partial charge in [0.15, 0.2) is 0 Å². The molecule has 4 nitrogen and oxygen atoms in total. The minimum absolute atomic E-state index is 0.0528. The van der Waals surface area contributed by atoms with Crippen LogP contribution >= 0.6 is 0 Å². The summed E-state index contributed by atoms with van der Waals surface area (Å²) in [6.07, 6.45) is 1.94. The van der Waals surface area contributed by atoms with Crippen LogP contribution in [0.15, 0.2) is 36.5 Å². The standard InChI is InChI=1S/C14H16N4/c1-14(2,3)12-8-9-18(17-12)13-15-10-6-4-5-7-11(10)16-13/h4-9H,1-3H3,(H,15,16). The second-order valence-corrected chi connectivity index (χ2v) is 5.47. The summed E-state index contributed by atoms with van der Waals surface area (Å²) in [6.45, 7) is 6.45. The minimum atomic E-state index is 0.0528. The molecule has 0 amide bonds. The van der Waals surface area contributed by atoms with Gasteiger partial charge in [0.2, 0.25) is 5.95 Å². The molecular formula is C14H16N4. The number of aromatic nitrogens is 4. The third kappa shape index (κ3) is 1.79. The smallest absolute Gasteiger partial charge is 0.229 e. The largest absolute Gasteiger partial charge is 0.322 e. The normalized spacial score (nSPS) is 12.2. The zero-order valence-electron chi connectivity index (χ0n) is 10.8. The number of fused-ring (bicyclic) bond motifs is 1. The molecule has 92 valence electrons. The molecule has 0 aliphatic carbocycles. The highest BCUT2D eigenvalue weighted by Crippen LogP contribution is 2.21.